The Labute approximate surface area is 267 Å². The van der Waals surface area contributed by atoms with Gasteiger partial charge in [-0.05, 0) is 55.4 Å². The average molecular weight is 635 g/mol. The Balaban J connectivity index is 1.48. The van der Waals surface area contributed by atoms with E-state index in [0.717, 1.165) is 10.4 Å². The number of para-hydroxylation sites is 2. The Morgan fingerprint density at radius 3 is 2.24 bits per heavy atom. The number of nitrogens with one attached hydrogen (secondary N) is 5. The van der Waals surface area contributed by atoms with Crippen LogP contribution in [0.25, 0.3) is 10.2 Å². The summed E-state index contributed by atoms with van der Waals surface area (Å²) in [5, 5.41) is 14.5. The van der Waals surface area contributed by atoms with Gasteiger partial charge in [0.2, 0.25) is 29.4 Å². The van der Waals surface area contributed by atoms with Crippen molar-refractivity contribution in [2.75, 3.05) is 18.4 Å². The first kappa shape index (κ1) is 33.6. The molecule has 1 aromatic heterocycles. The molecule has 0 saturated carbocycles. The highest BCUT2D eigenvalue weighted by atomic mass is 32.1. The van der Waals surface area contributed by atoms with E-state index in [9.17, 15) is 24.0 Å². The van der Waals surface area contributed by atoms with Crippen molar-refractivity contribution in [2.45, 2.75) is 65.1 Å². The molecule has 4 amide bonds. The first-order chi connectivity index (χ1) is 21.5. The van der Waals surface area contributed by atoms with Gasteiger partial charge in [-0.1, -0.05) is 58.0 Å². The minimum absolute atomic E-state index is 0.0271. The van der Waals surface area contributed by atoms with Crippen molar-refractivity contribution in [3.63, 3.8) is 0 Å². The monoisotopic (exact) mass is 634 g/mol. The molecule has 1 saturated heterocycles. The van der Waals surface area contributed by atoms with Gasteiger partial charge in [-0.25, -0.2) is 4.98 Å². The Morgan fingerprint density at radius 2 is 1.60 bits per heavy atom. The quantitative estimate of drug-likeness (QED) is 0.161. The number of nitrogens with zero attached hydrogens (tertiary/aromatic N) is 1. The lowest BCUT2D eigenvalue weighted by molar-refractivity contribution is -0.133. The zero-order valence-electron chi connectivity index (χ0n) is 26.1. The van der Waals surface area contributed by atoms with Crippen LogP contribution in [0, 0.1) is 17.8 Å². The maximum Gasteiger partial charge on any atom is 0.243 e. The number of ketones is 1. The third kappa shape index (κ3) is 9.34. The van der Waals surface area contributed by atoms with Crippen LogP contribution in [0.3, 0.4) is 0 Å². The number of hydrogen-bond donors (Lipinski definition) is 5. The fourth-order valence-electron chi connectivity index (χ4n) is 5.25. The predicted octanol–water partition coefficient (Wildman–Crippen LogP) is 3.27. The summed E-state index contributed by atoms with van der Waals surface area (Å²) < 4.78 is 0.843. The number of amides is 4. The second-order valence-corrected chi connectivity index (χ2v) is 13.2. The molecule has 11 nitrogen and oxygen atoms in total. The molecule has 5 N–H and O–H groups in total. The second kappa shape index (κ2) is 15.6. The SMILES string of the molecule is CC(C)C[C@@H](NC(=O)[C@H](NC(=O)CNc1ccccc1)C(C)C)C(=O)N[C@H](C[C@H]1CCNC1=O)C(=O)c1nc2ccccc2s1. The molecule has 0 unspecified atom stereocenters. The zero-order valence-corrected chi connectivity index (χ0v) is 26.9. The van der Waals surface area contributed by atoms with E-state index in [-0.39, 0.29) is 47.4 Å². The number of aromatic nitrogens is 1. The molecule has 0 radical (unpaired) electrons. The number of thiazole rings is 1. The molecule has 240 valence electrons. The molecule has 4 rings (SSSR count). The third-order valence-electron chi connectivity index (χ3n) is 7.65. The van der Waals surface area contributed by atoms with Crippen molar-refractivity contribution in [2.24, 2.45) is 17.8 Å². The Kier molecular flexibility index (Phi) is 11.6. The Morgan fingerprint density at radius 1 is 0.911 bits per heavy atom. The van der Waals surface area contributed by atoms with E-state index in [1.54, 1.807) is 0 Å². The van der Waals surface area contributed by atoms with Gasteiger partial charge in [0.05, 0.1) is 22.8 Å². The second-order valence-electron chi connectivity index (χ2n) is 12.1. The average Bonchev–Trinajstić information content (AvgIpc) is 3.63. The van der Waals surface area contributed by atoms with Gasteiger partial charge in [0.25, 0.3) is 0 Å². The van der Waals surface area contributed by atoms with E-state index in [1.165, 1.54) is 11.3 Å². The standard InChI is InChI=1S/C33H42N6O5S/c1-19(2)16-25(37-32(44)28(20(3)4)39-27(40)18-35-22-10-6-5-7-11-22)31(43)36-24(17-21-14-15-34-30(21)42)29(41)33-38-23-12-8-9-13-26(23)45-33/h5-13,19-21,24-25,28,35H,14-18H2,1-4H3,(H,34,42)(H,36,43)(H,37,44)(H,39,40)/t21-,24-,25-,28-/m1/s1. The van der Waals surface area contributed by atoms with Crippen LogP contribution in [0.2, 0.25) is 0 Å². The lowest BCUT2D eigenvalue weighted by Crippen LogP contribution is -2.57. The van der Waals surface area contributed by atoms with Crippen molar-refractivity contribution < 1.29 is 24.0 Å². The highest BCUT2D eigenvalue weighted by Crippen LogP contribution is 2.25. The van der Waals surface area contributed by atoms with Crippen LogP contribution in [0.1, 0.15) is 56.8 Å². The fourth-order valence-corrected chi connectivity index (χ4v) is 6.21. The van der Waals surface area contributed by atoms with Crippen LogP contribution in [0.15, 0.2) is 54.6 Å². The molecule has 1 aliphatic rings. The number of Topliss-reactive ketones (excluding diaryl/α,β-unsaturated/α-hetero) is 1. The van der Waals surface area contributed by atoms with Crippen LogP contribution in [0.4, 0.5) is 5.69 Å². The van der Waals surface area contributed by atoms with Gasteiger partial charge in [-0.3, -0.25) is 24.0 Å². The molecule has 12 heteroatoms. The molecule has 3 aromatic rings. The van der Waals surface area contributed by atoms with Gasteiger partial charge >= 0.3 is 0 Å². The Hall–Kier alpha value is -4.32. The maximum absolute atomic E-state index is 13.8. The number of fused-ring (bicyclic) bond motifs is 1. The molecule has 45 heavy (non-hydrogen) atoms. The highest BCUT2D eigenvalue weighted by molar-refractivity contribution is 7.20. The summed E-state index contributed by atoms with van der Waals surface area (Å²) in [6, 6.07) is 13.8. The summed E-state index contributed by atoms with van der Waals surface area (Å²) in [5.41, 5.74) is 1.46. The number of hydrogen-bond acceptors (Lipinski definition) is 8. The normalized spacial score (nSPS) is 16.6. The molecular weight excluding hydrogens is 592 g/mol. The molecule has 2 aromatic carbocycles. The molecule has 1 fully saturated rings. The van der Waals surface area contributed by atoms with Crippen LogP contribution < -0.4 is 26.6 Å². The van der Waals surface area contributed by atoms with Gasteiger partial charge in [0, 0.05) is 18.2 Å². The summed E-state index contributed by atoms with van der Waals surface area (Å²) in [6.07, 6.45) is 0.977. The lowest BCUT2D eigenvalue weighted by atomic mass is 9.94. The number of carbonyl (C=O) groups is 5. The van der Waals surface area contributed by atoms with Crippen molar-refractivity contribution in [1.29, 1.82) is 0 Å². The zero-order chi connectivity index (χ0) is 32.5. The predicted molar refractivity (Wildman–Crippen MR) is 175 cm³/mol. The fraction of sp³-hybridized carbons (Fsp3) is 0.455. The largest absolute Gasteiger partial charge is 0.376 e. The van der Waals surface area contributed by atoms with Crippen LogP contribution in [-0.4, -0.2) is 65.6 Å². The minimum Gasteiger partial charge on any atom is -0.376 e. The minimum atomic E-state index is -1.01. The van der Waals surface area contributed by atoms with E-state index in [0.29, 0.717) is 24.9 Å². The molecule has 0 aliphatic carbocycles. The number of benzene rings is 2. The van der Waals surface area contributed by atoms with Gasteiger partial charge in [-0.15, -0.1) is 11.3 Å². The van der Waals surface area contributed by atoms with Gasteiger partial charge < -0.3 is 26.6 Å². The summed E-state index contributed by atoms with van der Waals surface area (Å²) in [6.45, 7) is 7.96. The van der Waals surface area contributed by atoms with Crippen LogP contribution >= 0.6 is 11.3 Å². The molecular formula is C33H42N6O5S. The van der Waals surface area contributed by atoms with Crippen molar-refractivity contribution >= 4 is 56.7 Å². The molecule has 1 aliphatic heterocycles. The van der Waals surface area contributed by atoms with Crippen molar-refractivity contribution in [3.8, 4) is 0 Å². The van der Waals surface area contributed by atoms with E-state index >= 15 is 0 Å². The van der Waals surface area contributed by atoms with Gasteiger partial charge in [0.1, 0.15) is 12.1 Å². The Bertz CT molecular complexity index is 1470. The molecule has 4 atom stereocenters. The highest BCUT2D eigenvalue weighted by Gasteiger charge is 2.35. The van der Waals surface area contributed by atoms with Crippen molar-refractivity contribution in [1.82, 2.24) is 26.3 Å². The van der Waals surface area contributed by atoms with Crippen LogP contribution in [0.5, 0.6) is 0 Å². The molecule has 0 spiro atoms. The van der Waals surface area contributed by atoms with Gasteiger partial charge in [0.15, 0.2) is 5.01 Å². The first-order valence-corrected chi connectivity index (χ1v) is 16.2. The van der Waals surface area contributed by atoms with E-state index < -0.39 is 35.9 Å². The smallest absolute Gasteiger partial charge is 0.243 e. The van der Waals surface area contributed by atoms with Crippen molar-refractivity contribution in [3.05, 3.63) is 59.6 Å². The molecule has 2 heterocycles. The topological polar surface area (TPSA) is 158 Å². The lowest BCUT2D eigenvalue weighted by Gasteiger charge is -2.27. The summed E-state index contributed by atoms with van der Waals surface area (Å²) in [4.78, 5) is 70.7. The number of anilines is 1. The number of carbonyl (C=O) groups excluding carboxylic acids is 5. The van der Waals surface area contributed by atoms with E-state index in [1.807, 2.05) is 82.3 Å². The van der Waals surface area contributed by atoms with E-state index in [4.69, 9.17) is 0 Å². The summed E-state index contributed by atoms with van der Waals surface area (Å²) in [7, 11) is 0. The maximum atomic E-state index is 13.8. The third-order valence-corrected chi connectivity index (χ3v) is 8.70. The van der Waals surface area contributed by atoms with Crippen LogP contribution in [-0.2, 0) is 19.2 Å². The summed E-state index contributed by atoms with van der Waals surface area (Å²) in [5.74, 6) is -2.60. The summed E-state index contributed by atoms with van der Waals surface area (Å²) >= 11 is 1.24. The van der Waals surface area contributed by atoms with Gasteiger partial charge in [-0.2, -0.15) is 0 Å². The first-order valence-electron chi connectivity index (χ1n) is 15.4. The van der Waals surface area contributed by atoms with E-state index in [2.05, 4.69) is 31.6 Å². The molecule has 0 bridgehead atoms. The number of rotatable bonds is 15.